The molecule has 1 aliphatic rings. The summed E-state index contributed by atoms with van der Waals surface area (Å²) in [6, 6.07) is 1.54. The summed E-state index contributed by atoms with van der Waals surface area (Å²) in [4.78, 5) is 0. The molecule has 0 radical (unpaired) electrons. The van der Waals surface area contributed by atoms with E-state index in [1.807, 2.05) is 0 Å². The summed E-state index contributed by atoms with van der Waals surface area (Å²) in [6.45, 7) is 0.200. The van der Waals surface area contributed by atoms with E-state index in [4.69, 9.17) is 4.74 Å². The molecule has 88 valence electrons. The van der Waals surface area contributed by atoms with Crippen LogP contribution in [0.4, 0.5) is 13.2 Å². The lowest BCUT2D eigenvalue weighted by molar-refractivity contribution is 0.350. The highest BCUT2D eigenvalue weighted by Crippen LogP contribution is 2.34. The van der Waals surface area contributed by atoms with Crippen molar-refractivity contribution < 1.29 is 17.9 Å². The van der Waals surface area contributed by atoms with Crippen LogP contribution in [-0.2, 0) is 0 Å². The number of halogens is 3. The summed E-state index contributed by atoms with van der Waals surface area (Å²) in [5.41, 5.74) is 0.333. The largest absolute Gasteiger partial charge is 0.493 e. The molecule has 1 aromatic rings. The van der Waals surface area contributed by atoms with Gasteiger partial charge >= 0.3 is 0 Å². The Balaban J connectivity index is 2.38. The van der Waals surface area contributed by atoms with Crippen LogP contribution in [0.25, 0.3) is 0 Å². The lowest BCUT2D eigenvalue weighted by atomic mass is 10.0. The van der Waals surface area contributed by atoms with Crippen LogP contribution in [0.5, 0.6) is 5.75 Å². The molecule has 16 heavy (non-hydrogen) atoms. The highest BCUT2D eigenvalue weighted by molar-refractivity contribution is 5.38. The van der Waals surface area contributed by atoms with E-state index in [1.54, 1.807) is 0 Å². The van der Waals surface area contributed by atoms with E-state index in [-0.39, 0.29) is 18.7 Å². The average molecular weight is 231 g/mol. The molecule has 2 nitrogen and oxygen atoms in total. The van der Waals surface area contributed by atoms with E-state index in [0.29, 0.717) is 5.56 Å². The monoisotopic (exact) mass is 231 g/mol. The lowest BCUT2D eigenvalue weighted by Crippen LogP contribution is -2.15. The van der Waals surface area contributed by atoms with Crippen LogP contribution >= 0.6 is 0 Å². The van der Waals surface area contributed by atoms with E-state index < -0.39 is 23.8 Å². The topological polar surface area (TPSA) is 21.3 Å². The zero-order valence-electron chi connectivity index (χ0n) is 8.77. The van der Waals surface area contributed by atoms with Gasteiger partial charge in [0.25, 0.3) is 0 Å². The molecule has 0 bridgehead atoms. The smallest absolute Gasteiger partial charge is 0.168 e. The molecule has 1 heterocycles. The van der Waals surface area contributed by atoms with E-state index in [0.717, 1.165) is 6.07 Å². The van der Waals surface area contributed by atoms with Gasteiger partial charge in [-0.3, -0.25) is 0 Å². The minimum Gasteiger partial charge on any atom is -0.493 e. The first-order chi connectivity index (χ1) is 7.61. The van der Waals surface area contributed by atoms with Gasteiger partial charge in [-0.05, 0) is 12.5 Å². The average Bonchev–Trinajstić information content (AvgIpc) is 2.63. The van der Waals surface area contributed by atoms with Gasteiger partial charge in [-0.25, -0.2) is 13.2 Å². The Morgan fingerprint density at radius 3 is 2.69 bits per heavy atom. The molecular formula is C11H12F3NO. The highest BCUT2D eigenvalue weighted by atomic mass is 19.1. The van der Waals surface area contributed by atoms with E-state index in [2.05, 4.69) is 5.32 Å². The fourth-order valence-electron chi connectivity index (χ4n) is 1.98. The van der Waals surface area contributed by atoms with Crippen molar-refractivity contribution in [3.63, 3.8) is 0 Å². The summed E-state index contributed by atoms with van der Waals surface area (Å²) in [7, 11) is 1.31. The van der Waals surface area contributed by atoms with Crippen molar-refractivity contribution in [2.45, 2.75) is 18.6 Å². The predicted molar refractivity (Wildman–Crippen MR) is 53.2 cm³/mol. The molecule has 2 rings (SSSR count). The maximum Gasteiger partial charge on any atom is 0.168 e. The Morgan fingerprint density at radius 2 is 2.12 bits per heavy atom. The first-order valence-electron chi connectivity index (χ1n) is 5.02. The third-order valence-electron chi connectivity index (χ3n) is 2.69. The van der Waals surface area contributed by atoms with Gasteiger partial charge in [-0.15, -0.1) is 0 Å². The SMILES string of the molecule is COc1c(F)cc(F)cc1[C@H]1C[C@H](F)CN1. The Hall–Kier alpha value is -1.23. The number of methoxy groups -OCH3 is 1. The molecule has 0 aliphatic carbocycles. The molecule has 0 aromatic heterocycles. The van der Waals surface area contributed by atoms with Crippen LogP contribution < -0.4 is 10.1 Å². The summed E-state index contributed by atoms with van der Waals surface area (Å²) in [6.07, 6.45) is -0.778. The summed E-state index contributed by atoms with van der Waals surface area (Å²) in [5, 5.41) is 2.86. The molecule has 0 spiro atoms. The van der Waals surface area contributed by atoms with Crippen molar-refractivity contribution >= 4 is 0 Å². The second-order valence-corrected chi connectivity index (χ2v) is 3.80. The van der Waals surface area contributed by atoms with Crippen molar-refractivity contribution in [1.82, 2.24) is 5.32 Å². The third-order valence-corrected chi connectivity index (χ3v) is 2.69. The second kappa shape index (κ2) is 4.33. The number of benzene rings is 1. The van der Waals surface area contributed by atoms with Crippen molar-refractivity contribution in [1.29, 1.82) is 0 Å². The van der Waals surface area contributed by atoms with Crippen molar-refractivity contribution in [3.8, 4) is 5.75 Å². The number of hydrogen-bond acceptors (Lipinski definition) is 2. The molecule has 2 atom stereocenters. The van der Waals surface area contributed by atoms with Crippen LogP contribution in [-0.4, -0.2) is 19.8 Å². The molecule has 0 saturated carbocycles. The van der Waals surface area contributed by atoms with Gasteiger partial charge < -0.3 is 10.1 Å². The Labute approximate surface area is 91.4 Å². The van der Waals surface area contributed by atoms with Crippen molar-refractivity contribution in [3.05, 3.63) is 29.3 Å². The maximum atomic E-state index is 13.4. The highest BCUT2D eigenvalue weighted by Gasteiger charge is 2.28. The standard InChI is InChI=1S/C11H12F3NO/c1-16-11-8(2-6(12)3-9(11)14)10-4-7(13)5-15-10/h2-3,7,10,15H,4-5H2,1H3/t7-,10+/m0/s1. The van der Waals surface area contributed by atoms with Crippen LogP contribution in [0.1, 0.15) is 18.0 Å². The zero-order chi connectivity index (χ0) is 11.7. The predicted octanol–water partition coefficient (Wildman–Crippen LogP) is 2.35. The molecule has 5 heteroatoms. The molecule has 1 fully saturated rings. The quantitative estimate of drug-likeness (QED) is 0.843. The van der Waals surface area contributed by atoms with Crippen LogP contribution in [0.2, 0.25) is 0 Å². The van der Waals surface area contributed by atoms with Gasteiger partial charge in [0.15, 0.2) is 11.6 Å². The number of hydrogen-bond donors (Lipinski definition) is 1. The van der Waals surface area contributed by atoms with Crippen LogP contribution in [0.3, 0.4) is 0 Å². The molecular weight excluding hydrogens is 219 g/mol. The normalized spacial score (nSPS) is 24.8. The molecule has 1 saturated heterocycles. The fraction of sp³-hybridized carbons (Fsp3) is 0.455. The van der Waals surface area contributed by atoms with E-state index in [1.165, 1.54) is 13.2 Å². The van der Waals surface area contributed by atoms with Crippen LogP contribution in [0, 0.1) is 11.6 Å². The first-order valence-corrected chi connectivity index (χ1v) is 5.02. The van der Waals surface area contributed by atoms with Gasteiger partial charge in [0.05, 0.1) is 7.11 Å². The lowest BCUT2D eigenvalue weighted by Gasteiger charge is -2.15. The number of alkyl halides is 1. The fourth-order valence-corrected chi connectivity index (χ4v) is 1.98. The third kappa shape index (κ3) is 2.00. The Bertz CT molecular complexity index is 397. The molecule has 0 unspecified atom stereocenters. The Kier molecular flexibility index (Phi) is 3.05. The van der Waals surface area contributed by atoms with Crippen molar-refractivity contribution in [2.75, 3.05) is 13.7 Å². The molecule has 1 N–H and O–H groups in total. The number of ether oxygens (including phenoxy) is 1. The van der Waals surface area contributed by atoms with Gasteiger partial charge in [0.2, 0.25) is 0 Å². The molecule has 0 amide bonds. The zero-order valence-corrected chi connectivity index (χ0v) is 8.77. The van der Waals surface area contributed by atoms with Gasteiger partial charge in [0, 0.05) is 24.2 Å². The maximum absolute atomic E-state index is 13.4. The second-order valence-electron chi connectivity index (χ2n) is 3.80. The first kappa shape index (κ1) is 11.3. The van der Waals surface area contributed by atoms with Gasteiger partial charge in [-0.2, -0.15) is 0 Å². The Morgan fingerprint density at radius 1 is 1.38 bits per heavy atom. The number of nitrogens with one attached hydrogen (secondary N) is 1. The number of rotatable bonds is 2. The summed E-state index contributed by atoms with van der Waals surface area (Å²) >= 11 is 0. The van der Waals surface area contributed by atoms with Gasteiger partial charge in [-0.1, -0.05) is 0 Å². The van der Waals surface area contributed by atoms with E-state index >= 15 is 0 Å². The van der Waals surface area contributed by atoms with Gasteiger partial charge in [0.1, 0.15) is 12.0 Å². The molecule has 1 aliphatic heterocycles. The minimum absolute atomic E-state index is 0.0204. The summed E-state index contributed by atoms with van der Waals surface area (Å²) in [5.74, 6) is -1.47. The van der Waals surface area contributed by atoms with Crippen molar-refractivity contribution in [2.24, 2.45) is 0 Å². The molecule has 1 aromatic carbocycles. The van der Waals surface area contributed by atoms with E-state index in [9.17, 15) is 13.2 Å². The minimum atomic E-state index is -0.985. The summed E-state index contributed by atoms with van der Waals surface area (Å²) < 4.78 is 44.3. The van der Waals surface area contributed by atoms with Crippen LogP contribution in [0.15, 0.2) is 12.1 Å².